The van der Waals surface area contributed by atoms with Crippen LogP contribution in [0.15, 0.2) is 42.5 Å². The number of rotatable bonds is 8. The number of carbonyl (C=O) groups is 2. The zero-order valence-electron chi connectivity index (χ0n) is 17.3. The fourth-order valence-electron chi connectivity index (χ4n) is 3.01. The summed E-state index contributed by atoms with van der Waals surface area (Å²) in [4.78, 5) is 27.3. The Labute approximate surface area is 177 Å². The van der Waals surface area contributed by atoms with Gasteiger partial charge in [0, 0.05) is 23.2 Å². The van der Waals surface area contributed by atoms with Gasteiger partial charge < -0.3 is 10.2 Å². The Morgan fingerprint density at radius 2 is 1.86 bits per heavy atom. The second-order valence-corrected chi connectivity index (χ2v) is 7.79. The van der Waals surface area contributed by atoms with Gasteiger partial charge >= 0.3 is 0 Å². The summed E-state index contributed by atoms with van der Waals surface area (Å²) in [7, 11) is 0. The van der Waals surface area contributed by atoms with Gasteiger partial charge in [0.1, 0.15) is 11.9 Å². The molecule has 0 unspecified atom stereocenters. The zero-order chi connectivity index (χ0) is 21.6. The lowest BCUT2D eigenvalue weighted by Gasteiger charge is -2.30. The molecule has 2 aromatic carbocycles. The standard InChI is InChI=1S/C23H28ClFN2O2/c1-5-16(3)26-23(29)17(4)27(14-18-9-6-8-15(2)12-18)22(28)13-19-20(24)10-7-11-21(19)25/h6-12,16-17H,5,13-14H2,1-4H3,(H,26,29)/t16-,17-/m1/s1. The van der Waals surface area contributed by atoms with Crippen LogP contribution in [0.25, 0.3) is 0 Å². The maximum absolute atomic E-state index is 14.2. The maximum atomic E-state index is 14.2. The molecule has 0 aliphatic heterocycles. The molecule has 2 rings (SSSR count). The van der Waals surface area contributed by atoms with Crippen molar-refractivity contribution in [1.82, 2.24) is 10.2 Å². The monoisotopic (exact) mass is 418 g/mol. The lowest BCUT2D eigenvalue weighted by Crippen LogP contribution is -2.50. The number of carbonyl (C=O) groups excluding carboxylic acids is 2. The van der Waals surface area contributed by atoms with Crippen LogP contribution in [0.1, 0.15) is 43.9 Å². The van der Waals surface area contributed by atoms with Gasteiger partial charge in [-0.2, -0.15) is 0 Å². The highest BCUT2D eigenvalue weighted by Crippen LogP contribution is 2.21. The number of aryl methyl sites for hydroxylation is 1. The van der Waals surface area contributed by atoms with E-state index in [2.05, 4.69) is 5.32 Å². The first kappa shape index (κ1) is 22.9. The highest BCUT2D eigenvalue weighted by molar-refractivity contribution is 6.31. The van der Waals surface area contributed by atoms with Crippen molar-refractivity contribution < 1.29 is 14.0 Å². The number of hydrogen-bond donors (Lipinski definition) is 1. The molecule has 0 fully saturated rings. The van der Waals surface area contributed by atoms with Gasteiger partial charge in [0.05, 0.1) is 6.42 Å². The molecule has 0 radical (unpaired) electrons. The van der Waals surface area contributed by atoms with Crippen LogP contribution in [0.3, 0.4) is 0 Å². The summed E-state index contributed by atoms with van der Waals surface area (Å²) >= 11 is 6.10. The van der Waals surface area contributed by atoms with Crippen LogP contribution >= 0.6 is 11.6 Å². The van der Waals surface area contributed by atoms with E-state index in [9.17, 15) is 14.0 Å². The summed E-state index contributed by atoms with van der Waals surface area (Å²) < 4.78 is 14.2. The topological polar surface area (TPSA) is 49.4 Å². The number of nitrogens with zero attached hydrogens (tertiary/aromatic N) is 1. The van der Waals surface area contributed by atoms with Crippen LogP contribution in [-0.2, 0) is 22.6 Å². The van der Waals surface area contributed by atoms with Crippen molar-refractivity contribution in [2.24, 2.45) is 0 Å². The van der Waals surface area contributed by atoms with Crippen LogP contribution in [0, 0.1) is 12.7 Å². The van der Waals surface area contributed by atoms with Gasteiger partial charge in [-0.1, -0.05) is 54.4 Å². The summed E-state index contributed by atoms with van der Waals surface area (Å²) in [5.41, 5.74) is 2.10. The molecule has 4 nitrogen and oxygen atoms in total. The number of nitrogens with one attached hydrogen (secondary N) is 1. The average molecular weight is 419 g/mol. The third kappa shape index (κ3) is 6.29. The highest BCUT2D eigenvalue weighted by Gasteiger charge is 2.28. The van der Waals surface area contributed by atoms with Crippen molar-refractivity contribution in [1.29, 1.82) is 0 Å². The van der Waals surface area contributed by atoms with Crippen LogP contribution in [0.2, 0.25) is 5.02 Å². The molecule has 1 N–H and O–H groups in total. The van der Waals surface area contributed by atoms with E-state index in [0.29, 0.717) is 0 Å². The van der Waals surface area contributed by atoms with E-state index in [1.807, 2.05) is 45.0 Å². The molecule has 0 heterocycles. The lowest BCUT2D eigenvalue weighted by molar-refractivity contribution is -0.140. The normalized spacial score (nSPS) is 12.9. The van der Waals surface area contributed by atoms with Gasteiger partial charge in [-0.25, -0.2) is 4.39 Å². The molecule has 2 amide bonds. The van der Waals surface area contributed by atoms with E-state index in [1.165, 1.54) is 17.0 Å². The maximum Gasteiger partial charge on any atom is 0.242 e. The second-order valence-electron chi connectivity index (χ2n) is 7.38. The van der Waals surface area contributed by atoms with Crippen molar-refractivity contribution in [3.63, 3.8) is 0 Å². The van der Waals surface area contributed by atoms with Crippen molar-refractivity contribution in [3.8, 4) is 0 Å². The molecular weight excluding hydrogens is 391 g/mol. The minimum atomic E-state index is -0.706. The molecule has 29 heavy (non-hydrogen) atoms. The first-order chi connectivity index (χ1) is 13.7. The summed E-state index contributed by atoms with van der Waals surface area (Å²) in [6.07, 6.45) is 0.577. The largest absolute Gasteiger partial charge is 0.352 e. The van der Waals surface area contributed by atoms with E-state index in [-0.39, 0.29) is 41.4 Å². The number of benzene rings is 2. The predicted octanol–water partition coefficient (Wildman–Crippen LogP) is 4.66. The molecule has 0 saturated carbocycles. The first-order valence-corrected chi connectivity index (χ1v) is 10.2. The molecular formula is C23H28ClFN2O2. The average Bonchev–Trinajstić information content (AvgIpc) is 2.68. The van der Waals surface area contributed by atoms with Gasteiger partial charge in [-0.05, 0) is 44.9 Å². The van der Waals surface area contributed by atoms with Crippen molar-refractivity contribution >= 4 is 23.4 Å². The van der Waals surface area contributed by atoms with E-state index < -0.39 is 11.9 Å². The summed E-state index contributed by atoms with van der Waals surface area (Å²) in [5, 5.41) is 3.12. The van der Waals surface area contributed by atoms with Gasteiger partial charge in [-0.15, -0.1) is 0 Å². The molecule has 0 bridgehead atoms. The molecule has 6 heteroatoms. The fourth-order valence-corrected chi connectivity index (χ4v) is 3.24. The van der Waals surface area contributed by atoms with Crippen molar-refractivity contribution in [3.05, 3.63) is 70.0 Å². The highest BCUT2D eigenvalue weighted by atomic mass is 35.5. The lowest BCUT2D eigenvalue weighted by atomic mass is 10.1. The van der Waals surface area contributed by atoms with Gasteiger partial charge in [0.15, 0.2) is 0 Å². The van der Waals surface area contributed by atoms with Crippen molar-refractivity contribution in [2.75, 3.05) is 0 Å². The third-order valence-electron chi connectivity index (χ3n) is 4.99. The number of hydrogen-bond acceptors (Lipinski definition) is 2. The molecule has 0 aliphatic carbocycles. The predicted molar refractivity (Wildman–Crippen MR) is 114 cm³/mol. The van der Waals surface area contributed by atoms with E-state index in [1.54, 1.807) is 13.0 Å². The Morgan fingerprint density at radius 1 is 1.17 bits per heavy atom. The van der Waals surface area contributed by atoms with Crippen LogP contribution in [0.4, 0.5) is 4.39 Å². The molecule has 0 aromatic heterocycles. The van der Waals surface area contributed by atoms with Crippen LogP contribution < -0.4 is 5.32 Å². The molecule has 0 aliphatic rings. The van der Waals surface area contributed by atoms with Gasteiger partial charge in [0.25, 0.3) is 0 Å². The smallest absolute Gasteiger partial charge is 0.242 e. The van der Waals surface area contributed by atoms with Crippen LogP contribution in [-0.4, -0.2) is 28.8 Å². The van der Waals surface area contributed by atoms with Crippen LogP contribution in [0.5, 0.6) is 0 Å². The minimum absolute atomic E-state index is 0.00174. The number of amides is 2. The number of halogens is 2. The molecule has 2 aromatic rings. The Morgan fingerprint density at radius 3 is 2.48 bits per heavy atom. The van der Waals surface area contributed by atoms with E-state index in [4.69, 9.17) is 11.6 Å². The molecule has 0 saturated heterocycles. The van der Waals surface area contributed by atoms with E-state index >= 15 is 0 Å². The summed E-state index contributed by atoms with van der Waals surface area (Å²) in [6.45, 7) is 7.80. The van der Waals surface area contributed by atoms with Gasteiger partial charge in [-0.3, -0.25) is 9.59 Å². The Kier molecular flexibility index (Phi) is 8.21. The quantitative estimate of drug-likeness (QED) is 0.677. The summed E-state index contributed by atoms with van der Waals surface area (Å²) in [6, 6.07) is 11.4. The minimum Gasteiger partial charge on any atom is -0.352 e. The SMILES string of the molecule is CC[C@@H](C)NC(=O)[C@@H](C)N(Cc1cccc(C)c1)C(=O)Cc1c(F)cccc1Cl. The fraction of sp³-hybridized carbons (Fsp3) is 0.391. The Balaban J connectivity index is 2.29. The molecule has 2 atom stereocenters. The second kappa shape index (κ2) is 10.4. The Bertz CT molecular complexity index is 851. The summed E-state index contributed by atoms with van der Waals surface area (Å²) in [5.74, 6) is -1.12. The molecule has 156 valence electrons. The third-order valence-corrected chi connectivity index (χ3v) is 5.35. The van der Waals surface area contributed by atoms with E-state index in [0.717, 1.165) is 17.5 Å². The zero-order valence-corrected chi connectivity index (χ0v) is 18.1. The van der Waals surface area contributed by atoms with Gasteiger partial charge in [0.2, 0.25) is 11.8 Å². The Hall–Kier alpha value is -2.40. The molecule has 0 spiro atoms. The van der Waals surface area contributed by atoms with Crippen molar-refractivity contribution in [2.45, 2.75) is 59.2 Å². The first-order valence-electron chi connectivity index (χ1n) is 9.81.